The first-order chi connectivity index (χ1) is 13.0. The Bertz CT molecular complexity index is 814. The Hall–Kier alpha value is -2.82. The number of ether oxygens (including phenoxy) is 1. The number of nitrogens with one attached hydrogen (secondary N) is 1. The van der Waals surface area contributed by atoms with Crippen molar-refractivity contribution in [1.82, 2.24) is 5.32 Å². The average molecular weight is 367 g/mol. The zero-order chi connectivity index (χ0) is 19.2. The predicted molar refractivity (Wildman–Crippen MR) is 103 cm³/mol. The number of hydrogen-bond donors (Lipinski definition) is 2. The van der Waals surface area contributed by atoms with Gasteiger partial charge in [0.15, 0.2) is 6.61 Å². The second-order valence-electron chi connectivity index (χ2n) is 7.03. The maximum absolute atomic E-state index is 12.2. The Balaban J connectivity index is 1.50. The Morgan fingerprint density at radius 2 is 1.78 bits per heavy atom. The molecule has 1 unspecified atom stereocenters. The van der Waals surface area contributed by atoms with Gasteiger partial charge in [-0.2, -0.15) is 0 Å². The third kappa shape index (κ3) is 5.33. The van der Waals surface area contributed by atoms with Crippen molar-refractivity contribution in [2.45, 2.75) is 45.1 Å². The summed E-state index contributed by atoms with van der Waals surface area (Å²) in [6.45, 7) is 1.90. The predicted octanol–water partition coefficient (Wildman–Crippen LogP) is 3.45. The summed E-state index contributed by atoms with van der Waals surface area (Å²) >= 11 is 0. The Morgan fingerprint density at radius 3 is 2.48 bits per heavy atom. The summed E-state index contributed by atoms with van der Waals surface area (Å²) in [5.41, 5.74) is 4.64. The van der Waals surface area contributed by atoms with Crippen molar-refractivity contribution < 1.29 is 19.4 Å². The van der Waals surface area contributed by atoms with Crippen LogP contribution in [0.3, 0.4) is 0 Å². The molecule has 2 aromatic rings. The van der Waals surface area contributed by atoms with E-state index in [0.29, 0.717) is 11.3 Å². The van der Waals surface area contributed by atoms with Gasteiger partial charge in [-0.25, -0.2) is 0 Å². The van der Waals surface area contributed by atoms with Crippen LogP contribution in [0.25, 0.3) is 0 Å². The molecule has 1 amide bonds. The molecule has 5 nitrogen and oxygen atoms in total. The third-order valence-electron chi connectivity index (χ3n) is 4.90. The van der Waals surface area contributed by atoms with Crippen LogP contribution in [0.1, 0.15) is 48.1 Å². The van der Waals surface area contributed by atoms with Crippen molar-refractivity contribution in [2.75, 3.05) is 6.61 Å². The van der Waals surface area contributed by atoms with Gasteiger partial charge in [0.25, 0.3) is 5.91 Å². The lowest BCUT2D eigenvalue weighted by Crippen LogP contribution is -2.31. The minimum Gasteiger partial charge on any atom is -0.484 e. The number of rotatable bonds is 7. The van der Waals surface area contributed by atoms with Crippen LogP contribution < -0.4 is 10.1 Å². The molecule has 1 aliphatic carbocycles. The number of aryl methyl sites for hydroxylation is 2. The highest BCUT2D eigenvalue weighted by Crippen LogP contribution is 2.24. The van der Waals surface area contributed by atoms with Crippen LogP contribution in [0.2, 0.25) is 0 Å². The van der Waals surface area contributed by atoms with Gasteiger partial charge in [-0.3, -0.25) is 9.59 Å². The van der Waals surface area contributed by atoms with Gasteiger partial charge in [-0.15, -0.1) is 0 Å². The van der Waals surface area contributed by atoms with Crippen molar-refractivity contribution in [1.29, 1.82) is 0 Å². The second-order valence-corrected chi connectivity index (χ2v) is 7.03. The Morgan fingerprint density at radius 1 is 1.07 bits per heavy atom. The highest BCUT2D eigenvalue weighted by atomic mass is 16.5. The van der Waals surface area contributed by atoms with E-state index in [4.69, 9.17) is 9.84 Å². The quantitative estimate of drug-likeness (QED) is 0.786. The van der Waals surface area contributed by atoms with Crippen molar-refractivity contribution in [3.8, 4) is 5.75 Å². The molecular formula is C22H25NO4. The molecule has 0 aliphatic heterocycles. The molecule has 27 heavy (non-hydrogen) atoms. The van der Waals surface area contributed by atoms with Crippen molar-refractivity contribution in [3.63, 3.8) is 0 Å². The van der Waals surface area contributed by atoms with E-state index in [9.17, 15) is 9.59 Å². The van der Waals surface area contributed by atoms with Crippen LogP contribution in [-0.4, -0.2) is 23.6 Å². The third-order valence-corrected chi connectivity index (χ3v) is 4.90. The molecule has 142 valence electrons. The Labute approximate surface area is 159 Å². The first-order valence-corrected chi connectivity index (χ1v) is 9.36. The molecule has 5 heteroatoms. The largest absolute Gasteiger partial charge is 0.484 e. The van der Waals surface area contributed by atoms with Gasteiger partial charge in [-0.05, 0) is 67.0 Å². The van der Waals surface area contributed by atoms with Crippen LogP contribution in [0.15, 0.2) is 42.5 Å². The molecule has 1 aliphatic rings. The number of carboxylic acids is 1. The normalized spacial score (nSPS) is 14.1. The topological polar surface area (TPSA) is 75.6 Å². The molecule has 3 rings (SSSR count). The van der Waals surface area contributed by atoms with Crippen LogP contribution in [0.5, 0.6) is 5.75 Å². The molecule has 0 heterocycles. The zero-order valence-corrected chi connectivity index (χ0v) is 15.5. The van der Waals surface area contributed by atoms with E-state index >= 15 is 0 Å². The van der Waals surface area contributed by atoms with Gasteiger partial charge >= 0.3 is 5.97 Å². The second kappa shape index (κ2) is 8.71. The molecule has 0 aromatic heterocycles. The number of benzene rings is 2. The molecule has 0 bridgehead atoms. The number of carbonyl (C=O) groups excluding carboxylic acids is 1. The number of hydrogen-bond acceptors (Lipinski definition) is 3. The summed E-state index contributed by atoms with van der Waals surface area (Å²) < 4.78 is 5.50. The van der Waals surface area contributed by atoms with Crippen molar-refractivity contribution >= 4 is 11.9 Å². The summed E-state index contributed by atoms with van der Waals surface area (Å²) in [6, 6.07) is 13.2. The first kappa shape index (κ1) is 19.0. The minimum absolute atomic E-state index is 0.0287. The van der Waals surface area contributed by atoms with E-state index in [1.54, 1.807) is 24.3 Å². The van der Waals surface area contributed by atoms with E-state index < -0.39 is 5.97 Å². The number of fused-ring (bicyclic) bond motifs is 1. The van der Waals surface area contributed by atoms with Gasteiger partial charge in [0.05, 0.1) is 12.5 Å². The summed E-state index contributed by atoms with van der Waals surface area (Å²) in [5, 5.41) is 11.7. The monoisotopic (exact) mass is 367 g/mol. The molecule has 1 atom stereocenters. The van der Waals surface area contributed by atoms with Gasteiger partial charge in [0.1, 0.15) is 5.75 Å². The summed E-state index contributed by atoms with van der Waals surface area (Å²) in [5.74, 6) is -0.519. The maximum Gasteiger partial charge on any atom is 0.307 e. The van der Waals surface area contributed by atoms with Crippen molar-refractivity contribution in [2.24, 2.45) is 0 Å². The highest BCUT2D eigenvalue weighted by molar-refractivity contribution is 5.78. The number of amides is 1. The molecule has 0 fully saturated rings. The molecular weight excluding hydrogens is 342 g/mol. The van der Waals surface area contributed by atoms with Gasteiger partial charge < -0.3 is 15.2 Å². The zero-order valence-electron chi connectivity index (χ0n) is 15.5. The molecule has 0 radical (unpaired) electrons. The highest BCUT2D eigenvalue weighted by Gasteiger charge is 2.14. The van der Waals surface area contributed by atoms with E-state index in [1.807, 2.05) is 6.92 Å². The van der Waals surface area contributed by atoms with Gasteiger partial charge in [0.2, 0.25) is 0 Å². The van der Waals surface area contributed by atoms with Crippen molar-refractivity contribution in [3.05, 3.63) is 64.7 Å². The molecule has 2 aromatic carbocycles. The lowest BCUT2D eigenvalue weighted by molar-refractivity contribution is -0.136. The number of carbonyl (C=O) groups is 2. The van der Waals surface area contributed by atoms with Crippen LogP contribution in [0.4, 0.5) is 0 Å². The molecule has 2 N–H and O–H groups in total. The van der Waals surface area contributed by atoms with E-state index in [-0.39, 0.29) is 25.0 Å². The first-order valence-electron chi connectivity index (χ1n) is 9.36. The lowest BCUT2D eigenvalue weighted by Gasteiger charge is -2.20. The summed E-state index contributed by atoms with van der Waals surface area (Å²) in [6.07, 6.45) is 4.73. The average Bonchev–Trinajstić information content (AvgIpc) is 2.66. The number of aliphatic carboxylic acids is 1. The number of carboxylic acid groups (broad SMARTS) is 1. The van der Waals surface area contributed by atoms with Crippen LogP contribution in [-0.2, 0) is 28.9 Å². The Kier molecular flexibility index (Phi) is 6.12. The summed E-state index contributed by atoms with van der Waals surface area (Å²) in [7, 11) is 0. The fraction of sp³-hybridized carbons (Fsp3) is 0.364. The fourth-order valence-corrected chi connectivity index (χ4v) is 3.42. The smallest absolute Gasteiger partial charge is 0.307 e. The van der Waals surface area contributed by atoms with E-state index in [2.05, 4.69) is 23.5 Å². The SMILES string of the molecule is CC(NC(=O)COc1ccc(CC(=O)O)cc1)c1ccc2c(c1)CCCC2. The lowest BCUT2D eigenvalue weighted by atomic mass is 9.89. The molecule has 0 saturated heterocycles. The van der Waals surface area contributed by atoms with Gasteiger partial charge in [-0.1, -0.05) is 30.3 Å². The van der Waals surface area contributed by atoms with Crippen LogP contribution in [0, 0.1) is 0 Å². The molecule has 0 spiro atoms. The maximum atomic E-state index is 12.2. The molecule has 0 saturated carbocycles. The summed E-state index contributed by atoms with van der Waals surface area (Å²) in [4.78, 5) is 22.9. The van der Waals surface area contributed by atoms with Crippen LogP contribution >= 0.6 is 0 Å². The minimum atomic E-state index is -0.876. The fourth-order valence-electron chi connectivity index (χ4n) is 3.42. The van der Waals surface area contributed by atoms with Gasteiger partial charge in [0, 0.05) is 0 Å². The van der Waals surface area contributed by atoms with E-state index in [0.717, 1.165) is 18.4 Å². The van der Waals surface area contributed by atoms with E-state index in [1.165, 1.54) is 24.0 Å². The standard InChI is InChI=1S/C22H25NO4/c1-15(18-9-8-17-4-2-3-5-19(17)13-18)23-21(24)14-27-20-10-6-16(7-11-20)12-22(25)26/h6-11,13,15H,2-5,12,14H2,1H3,(H,23,24)(H,25,26).